The van der Waals surface area contributed by atoms with Gasteiger partial charge in [0.15, 0.2) is 0 Å². The van der Waals surface area contributed by atoms with Crippen molar-refractivity contribution in [2.75, 3.05) is 32.8 Å². The molecule has 0 bridgehead atoms. The summed E-state index contributed by atoms with van der Waals surface area (Å²) in [5.41, 5.74) is 1.26. The first-order valence-electron chi connectivity index (χ1n) is 11.4. The number of hydrogen-bond acceptors (Lipinski definition) is 6. The van der Waals surface area contributed by atoms with Gasteiger partial charge in [0.2, 0.25) is 15.9 Å². The molecule has 2 amide bonds. The molecule has 1 aromatic carbocycles. The van der Waals surface area contributed by atoms with Gasteiger partial charge in [0.25, 0.3) is 5.91 Å². The predicted molar refractivity (Wildman–Crippen MR) is 127 cm³/mol. The summed E-state index contributed by atoms with van der Waals surface area (Å²) in [6, 6.07) is 5.13. The van der Waals surface area contributed by atoms with Crippen LogP contribution in [0.1, 0.15) is 36.2 Å². The van der Waals surface area contributed by atoms with Crippen LogP contribution >= 0.6 is 0 Å². The molecule has 0 saturated carbocycles. The molecule has 186 valence electrons. The van der Waals surface area contributed by atoms with E-state index in [1.165, 1.54) is 28.6 Å². The van der Waals surface area contributed by atoms with E-state index in [-0.39, 0.29) is 35.4 Å². The molecule has 1 aromatic heterocycles. The number of aryl methyl sites for hydroxylation is 2. The molecule has 10 nitrogen and oxygen atoms in total. The molecular weight excluding hydrogens is 458 g/mol. The van der Waals surface area contributed by atoms with Crippen LogP contribution in [0.3, 0.4) is 0 Å². The third-order valence-corrected chi connectivity index (χ3v) is 7.46. The van der Waals surface area contributed by atoms with E-state index in [1.807, 2.05) is 31.6 Å². The van der Waals surface area contributed by atoms with Crippen LogP contribution in [0.15, 0.2) is 41.6 Å². The fourth-order valence-electron chi connectivity index (χ4n) is 3.65. The highest BCUT2D eigenvalue weighted by Crippen LogP contribution is 2.18. The Kier molecular flexibility index (Phi) is 8.81. The Morgan fingerprint density at radius 1 is 1.21 bits per heavy atom. The van der Waals surface area contributed by atoms with Crippen LogP contribution in [-0.4, -0.2) is 73.2 Å². The summed E-state index contributed by atoms with van der Waals surface area (Å²) in [4.78, 5) is 25.7. The van der Waals surface area contributed by atoms with Crippen molar-refractivity contribution in [3.8, 4) is 0 Å². The fraction of sp³-hybridized carbons (Fsp3) is 0.522. The first kappa shape index (κ1) is 25.9. The molecule has 0 spiro atoms. The number of hydrogen-bond donors (Lipinski definition) is 2. The average molecular weight is 492 g/mol. The monoisotopic (exact) mass is 491 g/mol. The fourth-order valence-corrected chi connectivity index (χ4v) is 5.10. The highest BCUT2D eigenvalue weighted by Gasteiger charge is 2.28. The molecule has 11 heteroatoms. The molecule has 1 aliphatic heterocycles. The van der Waals surface area contributed by atoms with Gasteiger partial charge in [0, 0.05) is 37.9 Å². The van der Waals surface area contributed by atoms with E-state index in [2.05, 4.69) is 15.7 Å². The first-order chi connectivity index (χ1) is 16.2. The lowest BCUT2D eigenvalue weighted by molar-refractivity contribution is -0.123. The van der Waals surface area contributed by atoms with Crippen LogP contribution in [0.2, 0.25) is 0 Å². The summed E-state index contributed by atoms with van der Waals surface area (Å²) in [5, 5.41) is 9.84. The summed E-state index contributed by atoms with van der Waals surface area (Å²) < 4.78 is 34.2. The van der Waals surface area contributed by atoms with Gasteiger partial charge in [-0.3, -0.25) is 14.3 Å². The van der Waals surface area contributed by atoms with Crippen molar-refractivity contribution in [1.29, 1.82) is 0 Å². The van der Waals surface area contributed by atoms with Gasteiger partial charge in [-0.05, 0) is 43.0 Å². The van der Waals surface area contributed by atoms with Crippen LogP contribution in [-0.2, 0) is 26.1 Å². The van der Waals surface area contributed by atoms with Crippen molar-refractivity contribution in [1.82, 2.24) is 24.7 Å². The third kappa shape index (κ3) is 6.64. The van der Waals surface area contributed by atoms with E-state index in [9.17, 15) is 18.0 Å². The maximum absolute atomic E-state index is 12.9. The summed E-state index contributed by atoms with van der Waals surface area (Å²) >= 11 is 0. The van der Waals surface area contributed by atoms with Gasteiger partial charge in [-0.25, -0.2) is 8.42 Å². The molecular formula is C23H33N5O5S. The second-order valence-electron chi connectivity index (χ2n) is 8.66. The molecule has 1 unspecified atom stereocenters. The summed E-state index contributed by atoms with van der Waals surface area (Å²) in [5.74, 6) is -0.935. The van der Waals surface area contributed by atoms with E-state index >= 15 is 0 Å². The van der Waals surface area contributed by atoms with Crippen molar-refractivity contribution in [3.63, 3.8) is 0 Å². The highest BCUT2D eigenvalue weighted by atomic mass is 32.2. The summed E-state index contributed by atoms with van der Waals surface area (Å²) in [6.45, 7) is 8.00. The van der Waals surface area contributed by atoms with Crippen LogP contribution in [0.5, 0.6) is 0 Å². The third-order valence-electron chi connectivity index (χ3n) is 5.57. The number of morpholine rings is 1. The molecule has 0 radical (unpaired) electrons. The molecule has 1 saturated heterocycles. The van der Waals surface area contributed by atoms with Crippen LogP contribution in [0.4, 0.5) is 0 Å². The Balaban J connectivity index is 1.60. The Labute approximate surface area is 200 Å². The predicted octanol–water partition coefficient (Wildman–Crippen LogP) is 1.17. The van der Waals surface area contributed by atoms with E-state index in [1.54, 1.807) is 6.20 Å². The maximum Gasteiger partial charge on any atom is 0.251 e. The first-order valence-corrected chi connectivity index (χ1v) is 12.9. The van der Waals surface area contributed by atoms with E-state index in [0.717, 1.165) is 5.56 Å². The molecule has 0 aliphatic carbocycles. The van der Waals surface area contributed by atoms with Crippen molar-refractivity contribution >= 4 is 21.8 Å². The number of carbonyl (C=O) groups is 2. The molecule has 3 rings (SSSR count). The number of carbonyl (C=O) groups excluding carboxylic acids is 2. The summed E-state index contributed by atoms with van der Waals surface area (Å²) in [7, 11) is -3.73. The number of aromatic nitrogens is 2. The minimum Gasteiger partial charge on any atom is -0.379 e. The van der Waals surface area contributed by atoms with Crippen molar-refractivity contribution in [2.24, 2.45) is 5.92 Å². The van der Waals surface area contributed by atoms with Gasteiger partial charge in [-0.2, -0.15) is 9.40 Å². The second-order valence-corrected chi connectivity index (χ2v) is 10.6. The zero-order chi connectivity index (χ0) is 24.7. The van der Waals surface area contributed by atoms with Crippen LogP contribution < -0.4 is 10.6 Å². The molecule has 1 atom stereocenters. The zero-order valence-corrected chi connectivity index (χ0v) is 20.7. The number of nitrogens with one attached hydrogen (secondary N) is 2. The number of nitrogens with zero attached hydrogens (tertiary/aromatic N) is 3. The van der Waals surface area contributed by atoms with Gasteiger partial charge in [0.05, 0.1) is 24.3 Å². The molecule has 1 fully saturated rings. The normalized spacial score (nSPS) is 15.8. The standard InChI is InChI=1S/C23H33N5O5S/c1-17(2)21(23(30)24-8-5-9-27-16-18(3)15-25-27)26-22(29)19-6-4-7-20(14-19)34(31,32)28-10-12-33-13-11-28/h4,6-7,14-17,21H,5,8-13H2,1-3H3,(H,24,30)(H,26,29). The number of sulfonamides is 1. The molecule has 34 heavy (non-hydrogen) atoms. The van der Waals surface area contributed by atoms with Gasteiger partial charge >= 0.3 is 0 Å². The van der Waals surface area contributed by atoms with Gasteiger partial charge in [-0.1, -0.05) is 19.9 Å². The molecule has 1 aliphatic rings. The van der Waals surface area contributed by atoms with E-state index in [4.69, 9.17) is 4.74 Å². The maximum atomic E-state index is 12.9. The lowest BCUT2D eigenvalue weighted by atomic mass is 10.0. The average Bonchev–Trinajstić information content (AvgIpc) is 3.25. The lowest BCUT2D eigenvalue weighted by Gasteiger charge is -2.26. The highest BCUT2D eigenvalue weighted by molar-refractivity contribution is 7.89. The molecule has 2 heterocycles. The van der Waals surface area contributed by atoms with Gasteiger partial charge in [-0.15, -0.1) is 0 Å². The van der Waals surface area contributed by atoms with Crippen LogP contribution in [0.25, 0.3) is 0 Å². The quantitative estimate of drug-likeness (QED) is 0.481. The van der Waals surface area contributed by atoms with E-state index in [0.29, 0.717) is 32.7 Å². The van der Waals surface area contributed by atoms with Crippen molar-refractivity contribution in [2.45, 2.75) is 44.7 Å². The van der Waals surface area contributed by atoms with Crippen molar-refractivity contribution in [3.05, 3.63) is 47.8 Å². The Morgan fingerprint density at radius 3 is 2.59 bits per heavy atom. The Bertz CT molecular complexity index is 1090. The largest absolute Gasteiger partial charge is 0.379 e. The number of amides is 2. The lowest BCUT2D eigenvalue weighted by Crippen LogP contribution is -2.50. The number of rotatable bonds is 10. The number of ether oxygens (including phenoxy) is 1. The van der Waals surface area contributed by atoms with Gasteiger partial charge in [0.1, 0.15) is 6.04 Å². The SMILES string of the molecule is Cc1cnn(CCCNC(=O)C(NC(=O)c2cccc(S(=O)(=O)N3CCOCC3)c2)C(C)C)c1. The smallest absolute Gasteiger partial charge is 0.251 e. The Hall–Kier alpha value is -2.76. The number of benzene rings is 1. The summed E-state index contributed by atoms with van der Waals surface area (Å²) in [6.07, 6.45) is 4.42. The minimum absolute atomic E-state index is 0.0430. The van der Waals surface area contributed by atoms with Gasteiger partial charge < -0.3 is 15.4 Å². The van der Waals surface area contributed by atoms with Crippen LogP contribution in [0, 0.1) is 12.8 Å². The molecule has 2 aromatic rings. The molecule has 2 N–H and O–H groups in total. The zero-order valence-electron chi connectivity index (χ0n) is 19.9. The van der Waals surface area contributed by atoms with E-state index < -0.39 is 22.0 Å². The topological polar surface area (TPSA) is 123 Å². The second kappa shape index (κ2) is 11.6. The Morgan fingerprint density at radius 2 is 1.94 bits per heavy atom. The van der Waals surface area contributed by atoms with Crippen molar-refractivity contribution < 1.29 is 22.7 Å². The minimum atomic E-state index is -3.73.